The maximum atomic E-state index is 12.4. The van der Waals surface area contributed by atoms with Crippen LogP contribution in [0, 0.1) is 0 Å². The number of pyridine rings is 1. The lowest BCUT2D eigenvalue weighted by atomic mass is 10.3. The molecule has 0 aliphatic heterocycles. The highest BCUT2D eigenvalue weighted by Crippen LogP contribution is 2.28. The van der Waals surface area contributed by atoms with Crippen LogP contribution < -0.4 is 0 Å². The predicted octanol–water partition coefficient (Wildman–Crippen LogP) is 1.59. The molecule has 1 rings (SSSR count). The minimum absolute atomic E-state index is 0.0599. The van der Waals surface area contributed by atoms with Crippen molar-refractivity contribution in [3.05, 3.63) is 24.0 Å². The molecule has 0 radical (unpaired) electrons. The summed E-state index contributed by atoms with van der Waals surface area (Å²) in [6.45, 7) is 0.822. The van der Waals surface area contributed by atoms with Crippen molar-refractivity contribution in [3.8, 4) is 0 Å². The molecule has 0 aromatic carbocycles. The Morgan fingerprint density at radius 1 is 1.38 bits per heavy atom. The van der Waals surface area contributed by atoms with E-state index in [1.807, 2.05) is 0 Å². The quantitative estimate of drug-likeness (QED) is 0.857. The third-order valence-electron chi connectivity index (χ3n) is 2.45. The maximum Gasteiger partial charge on any atom is 0.433 e. The summed E-state index contributed by atoms with van der Waals surface area (Å²) >= 11 is 0. The number of hydrogen-bond donors (Lipinski definition) is 1. The van der Waals surface area contributed by atoms with Gasteiger partial charge in [0.25, 0.3) is 0 Å². The second-order valence-electron chi connectivity index (χ2n) is 4.11. The number of rotatable bonds is 6. The van der Waals surface area contributed by atoms with Gasteiger partial charge in [0.15, 0.2) is 0 Å². The van der Waals surface area contributed by atoms with Gasteiger partial charge in [0.05, 0.1) is 0 Å². The molecule has 21 heavy (non-hydrogen) atoms. The van der Waals surface area contributed by atoms with Crippen LogP contribution in [0.1, 0.15) is 19.0 Å². The number of carboxylic acid groups (broad SMARTS) is 1. The van der Waals surface area contributed by atoms with Crippen molar-refractivity contribution < 1.29 is 31.5 Å². The molecule has 0 amide bonds. The monoisotopic (exact) mass is 326 g/mol. The van der Waals surface area contributed by atoms with Gasteiger partial charge < -0.3 is 5.11 Å². The zero-order chi connectivity index (χ0) is 16.3. The van der Waals surface area contributed by atoms with Crippen LogP contribution >= 0.6 is 0 Å². The highest BCUT2D eigenvalue weighted by Gasteiger charge is 2.33. The van der Waals surface area contributed by atoms with Gasteiger partial charge in [-0.1, -0.05) is 6.92 Å². The smallest absolute Gasteiger partial charge is 0.433 e. The van der Waals surface area contributed by atoms with E-state index in [4.69, 9.17) is 5.11 Å². The lowest BCUT2D eigenvalue weighted by Crippen LogP contribution is -2.36. The summed E-state index contributed by atoms with van der Waals surface area (Å²) in [6.07, 6.45) is -3.74. The van der Waals surface area contributed by atoms with Crippen molar-refractivity contribution in [2.24, 2.45) is 0 Å². The van der Waals surface area contributed by atoms with Gasteiger partial charge >= 0.3 is 12.1 Å². The van der Waals surface area contributed by atoms with Gasteiger partial charge in [-0.05, 0) is 18.6 Å². The molecule has 6 nitrogen and oxygen atoms in total. The molecule has 0 atom stereocenters. The first-order chi connectivity index (χ1) is 9.59. The first-order valence-corrected chi connectivity index (χ1v) is 7.28. The fourth-order valence-electron chi connectivity index (χ4n) is 1.53. The molecule has 10 heteroatoms. The number of aromatic nitrogens is 1. The molecular formula is C11H13F3N2O4S. The molecule has 0 unspecified atom stereocenters. The van der Waals surface area contributed by atoms with Gasteiger partial charge in [-0.2, -0.15) is 17.5 Å². The highest BCUT2D eigenvalue weighted by atomic mass is 32.2. The number of carbonyl (C=O) groups is 1. The number of nitrogens with zero attached hydrogens (tertiary/aromatic N) is 2. The van der Waals surface area contributed by atoms with Crippen molar-refractivity contribution >= 4 is 16.0 Å². The summed E-state index contributed by atoms with van der Waals surface area (Å²) in [5.41, 5.74) is -1.22. The summed E-state index contributed by atoms with van der Waals surface area (Å²) in [5.74, 6) is -1.35. The van der Waals surface area contributed by atoms with Crippen molar-refractivity contribution in [1.29, 1.82) is 0 Å². The fourth-order valence-corrected chi connectivity index (χ4v) is 2.96. The lowest BCUT2D eigenvalue weighted by molar-refractivity contribution is -0.141. The zero-order valence-electron chi connectivity index (χ0n) is 11.0. The Hall–Kier alpha value is -1.68. The van der Waals surface area contributed by atoms with E-state index in [9.17, 15) is 26.4 Å². The number of sulfonamides is 1. The maximum absolute atomic E-state index is 12.4. The van der Waals surface area contributed by atoms with Crippen LogP contribution in [0.4, 0.5) is 13.2 Å². The average molecular weight is 326 g/mol. The Morgan fingerprint density at radius 2 is 2.00 bits per heavy atom. The van der Waals surface area contributed by atoms with Crippen molar-refractivity contribution in [3.63, 3.8) is 0 Å². The summed E-state index contributed by atoms with van der Waals surface area (Å²) in [7, 11) is -4.20. The van der Waals surface area contributed by atoms with E-state index in [-0.39, 0.29) is 6.54 Å². The lowest BCUT2D eigenvalue weighted by Gasteiger charge is -2.19. The standard InChI is InChI=1S/C11H13F3N2O4S/c1-2-5-16(7-10(17)18)21(19,20)8-3-4-9(15-6-8)11(12,13)14/h3-4,6H,2,5,7H2,1H3,(H,17,18). The third-order valence-corrected chi connectivity index (χ3v) is 4.28. The topological polar surface area (TPSA) is 87.6 Å². The van der Waals surface area contributed by atoms with Gasteiger partial charge in [-0.3, -0.25) is 9.78 Å². The molecule has 0 aliphatic rings. The zero-order valence-corrected chi connectivity index (χ0v) is 11.8. The van der Waals surface area contributed by atoms with Gasteiger partial charge in [0.1, 0.15) is 17.1 Å². The molecule has 0 bridgehead atoms. The van der Waals surface area contributed by atoms with Gasteiger partial charge in [-0.25, -0.2) is 8.42 Å². The van der Waals surface area contributed by atoms with E-state index >= 15 is 0 Å². The van der Waals surface area contributed by atoms with Crippen LogP contribution in [0.15, 0.2) is 23.2 Å². The minimum Gasteiger partial charge on any atom is -0.480 e. The summed E-state index contributed by atoms with van der Waals surface area (Å²) in [5, 5.41) is 8.70. The number of aliphatic carboxylic acids is 1. The summed E-state index contributed by atoms with van der Waals surface area (Å²) in [4.78, 5) is 13.3. The molecule has 1 heterocycles. The highest BCUT2D eigenvalue weighted by molar-refractivity contribution is 7.89. The van der Waals surface area contributed by atoms with Crippen molar-refractivity contribution in [2.75, 3.05) is 13.1 Å². The van der Waals surface area contributed by atoms with Crippen molar-refractivity contribution in [2.45, 2.75) is 24.4 Å². The van der Waals surface area contributed by atoms with E-state index in [0.29, 0.717) is 23.0 Å². The SMILES string of the molecule is CCCN(CC(=O)O)S(=O)(=O)c1ccc(C(F)(F)F)nc1. The van der Waals surface area contributed by atoms with Crippen LogP contribution in [0.5, 0.6) is 0 Å². The number of hydrogen-bond acceptors (Lipinski definition) is 4. The van der Waals surface area contributed by atoms with Crippen molar-refractivity contribution in [1.82, 2.24) is 9.29 Å². The first kappa shape index (κ1) is 17.4. The first-order valence-electron chi connectivity index (χ1n) is 5.84. The van der Waals surface area contributed by atoms with E-state index < -0.39 is 39.3 Å². The molecule has 1 aromatic heterocycles. The second-order valence-corrected chi connectivity index (χ2v) is 6.05. The molecule has 118 valence electrons. The predicted molar refractivity (Wildman–Crippen MR) is 65.9 cm³/mol. The Bertz CT molecular complexity index is 599. The van der Waals surface area contributed by atoms with E-state index in [0.717, 1.165) is 6.07 Å². The van der Waals surface area contributed by atoms with Crippen LogP contribution in [-0.4, -0.2) is 41.9 Å². The molecule has 0 aliphatic carbocycles. The van der Waals surface area contributed by atoms with Crippen LogP contribution in [0.3, 0.4) is 0 Å². The van der Waals surface area contributed by atoms with Crippen LogP contribution in [-0.2, 0) is 21.0 Å². The number of carboxylic acids is 1. The molecular weight excluding hydrogens is 313 g/mol. The third kappa shape index (κ3) is 4.39. The molecule has 1 N–H and O–H groups in total. The Kier molecular flexibility index (Phi) is 5.29. The van der Waals surface area contributed by atoms with Gasteiger partial charge in [0.2, 0.25) is 10.0 Å². The van der Waals surface area contributed by atoms with E-state index in [2.05, 4.69) is 4.98 Å². The minimum atomic E-state index is -4.67. The Labute approximate surface area is 119 Å². The van der Waals surface area contributed by atoms with Crippen LogP contribution in [0.25, 0.3) is 0 Å². The van der Waals surface area contributed by atoms with E-state index in [1.54, 1.807) is 6.92 Å². The molecule has 1 aromatic rings. The average Bonchev–Trinajstić information content (AvgIpc) is 2.37. The Morgan fingerprint density at radius 3 is 2.38 bits per heavy atom. The Balaban J connectivity index is 3.13. The number of halogens is 3. The fraction of sp³-hybridized carbons (Fsp3) is 0.455. The van der Waals surface area contributed by atoms with Gasteiger partial charge in [0, 0.05) is 12.7 Å². The summed E-state index contributed by atoms with van der Waals surface area (Å²) in [6, 6.07) is 1.30. The number of alkyl halides is 3. The molecule has 0 spiro atoms. The van der Waals surface area contributed by atoms with Gasteiger partial charge in [-0.15, -0.1) is 0 Å². The molecule has 0 fully saturated rings. The largest absolute Gasteiger partial charge is 0.480 e. The van der Waals surface area contributed by atoms with E-state index in [1.165, 1.54) is 0 Å². The normalized spacial score (nSPS) is 12.6. The molecule has 0 saturated heterocycles. The summed E-state index contributed by atoms with van der Waals surface area (Å²) < 4.78 is 62.1. The second kappa shape index (κ2) is 6.39. The molecule has 0 saturated carbocycles. The van der Waals surface area contributed by atoms with Crippen LogP contribution in [0.2, 0.25) is 0 Å².